The number of esters is 1. The molecule has 7 heteroatoms. The summed E-state index contributed by atoms with van der Waals surface area (Å²) < 4.78 is 46.6. The highest BCUT2D eigenvalue weighted by Crippen LogP contribution is 2.34. The minimum Gasteiger partial charge on any atom is -0.462 e. The van der Waals surface area contributed by atoms with Crippen LogP contribution in [-0.2, 0) is 17.5 Å². The van der Waals surface area contributed by atoms with Gasteiger partial charge in [0.25, 0.3) is 0 Å². The summed E-state index contributed by atoms with van der Waals surface area (Å²) in [5, 5.41) is 1.30. The summed E-state index contributed by atoms with van der Waals surface area (Å²) in [7, 11) is 0. The largest absolute Gasteiger partial charge is 0.462 e. The molecular weight excluding hydrogens is 381 g/mol. The van der Waals surface area contributed by atoms with Gasteiger partial charge in [0.1, 0.15) is 0 Å². The quantitative estimate of drug-likeness (QED) is 0.431. The fourth-order valence-electron chi connectivity index (χ4n) is 3.43. The summed E-state index contributed by atoms with van der Waals surface area (Å²) >= 11 is 0. The smallest absolute Gasteiger partial charge is 0.416 e. The topological polar surface area (TPSA) is 44.1 Å². The first-order valence-corrected chi connectivity index (χ1v) is 9.07. The Morgan fingerprint density at radius 1 is 1.10 bits per heavy atom. The molecule has 4 aromatic rings. The van der Waals surface area contributed by atoms with Crippen LogP contribution in [0.25, 0.3) is 21.8 Å². The molecule has 148 valence electrons. The van der Waals surface area contributed by atoms with Gasteiger partial charge in [-0.25, -0.2) is 4.79 Å². The van der Waals surface area contributed by atoms with E-state index in [0.717, 1.165) is 28.6 Å². The fraction of sp³-hybridized carbons (Fsp3) is 0.182. The van der Waals surface area contributed by atoms with Gasteiger partial charge >= 0.3 is 12.1 Å². The van der Waals surface area contributed by atoms with Gasteiger partial charge in [0, 0.05) is 29.7 Å². The van der Waals surface area contributed by atoms with E-state index < -0.39 is 17.7 Å². The number of benzene rings is 2. The molecule has 0 atom stereocenters. The lowest BCUT2D eigenvalue weighted by Gasteiger charge is -2.13. The van der Waals surface area contributed by atoms with Crippen molar-refractivity contribution in [3.63, 3.8) is 0 Å². The van der Waals surface area contributed by atoms with E-state index >= 15 is 0 Å². The van der Waals surface area contributed by atoms with Gasteiger partial charge in [0.15, 0.2) is 0 Å². The molecule has 0 aliphatic rings. The second-order valence-corrected chi connectivity index (χ2v) is 6.65. The van der Waals surface area contributed by atoms with Gasteiger partial charge in [-0.1, -0.05) is 12.1 Å². The predicted octanol–water partition coefficient (Wildman–Crippen LogP) is 5.43. The van der Waals surface area contributed by atoms with Gasteiger partial charge in [-0.3, -0.25) is 4.98 Å². The van der Waals surface area contributed by atoms with Crippen molar-refractivity contribution in [1.82, 2.24) is 9.55 Å². The van der Waals surface area contributed by atoms with Gasteiger partial charge < -0.3 is 9.30 Å². The van der Waals surface area contributed by atoms with Gasteiger partial charge in [-0.15, -0.1) is 0 Å². The number of carbonyl (C=O) groups is 1. The monoisotopic (exact) mass is 398 g/mol. The number of halogens is 3. The number of fused-ring (bicyclic) bond motifs is 2. The highest BCUT2D eigenvalue weighted by molar-refractivity contribution is 6.03. The Labute approximate surface area is 164 Å². The lowest BCUT2D eigenvalue weighted by atomic mass is 10.1. The van der Waals surface area contributed by atoms with Gasteiger partial charge in [0.2, 0.25) is 0 Å². The molecule has 0 amide bonds. The minimum atomic E-state index is -4.55. The fourth-order valence-corrected chi connectivity index (χ4v) is 3.43. The normalized spacial score (nSPS) is 11.9. The second-order valence-electron chi connectivity index (χ2n) is 6.65. The van der Waals surface area contributed by atoms with E-state index in [1.54, 1.807) is 30.0 Å². The van der Waals surface area contributed by atoms with Crippen LogP contribution in [0.2, 0.25) is 0 Å². The molecule has 2 heterocycles. The van der Waals surface area contributed by atoms with Crippen molar-refractivity contribution < 1.29 is 22.7 Å². The molecule has 0 fully saturated rings. The molecule has 4 nitrogen and oxygen atoms in total. The Balaban J connectivity index is 1.82. The predicted molar refractivity (Wildman–Crippen MR) is 104 cm³/mol. The van der Waals surface area contributed by atoms with Crippen molar-refractivity contribution in [3.05, 3.63) is 77.6 Å². The van der Waals surface area contributed by atoms with Crippen molar-refractivity contribution in [1.29, 1.82) is 0 Å². The van der Waals surface area contributed by atoms with Crippen molar-refractivity contribution in [2.75, 3.05) is 6.61 Å². The summed E-state index contributed by atoms with van der Waals surface area (Å²) in [5.41, 5.74) is 1.25. The van der Waals surface area contributed by atoms with Crippen LogP contribution in [-0.4, -0.2) is 22.1 Å². The van der Waals surface area contributed by atoms with E-state index in [0.29, 0.717) is 17.4 Å². The van der Waals surface area contributed by atoms with Gasteiger partial charge in [0.05, 0.1) is 28.8 Å². The average molecular weight is 398 g/mol. The maximum absolute atomic E-state index is 13.3. The van der Waals surface area contributed by atoms with E-state index in [4.69, 9.17) is 4.74 Å². The third kappa shape index (κ3) is 3.68. The first kappa shape index (κ1) is 19.0. The third-order valence-electron chi connectivity index (χ3n) is 4.70. The molecule has 4 rings (SSSR count). The summed E-state index contributed by atoms with van der Waals surface area (Å²) in [6.45, 7) is 2.09. The number of nitrogens with zero attached hydrogens (tertiary/aromatic N) is 2. The van der Waals surface area contributed by atoms with Crippen molar-refractivity contribution in [2.45, 2.75) is 19.6 Å². The van der Waals surface area contributed by atoms with Crippen LogP contribution in [0.5, 0.6) is 0 Å². The molecule has 0 aliphatic carbocycles. The van der Waals surface area contributed by atoms with E-state index in [2.05, 4.69) is 4.98 Å². The Kier molecular flexibility index (Phi) is 4.74. The molecule has 0 spiro atoms. The maximum Gasteiger partial charge on any atom is 0.416 e. The Morgan fingerprint density at radius 3 is 2.69 bits per heavy atom. The summed E-state index contributed by atoms with van der Waals surface area (Å²) in [6.07, 6.45) is -1.16. The Morgan fingerprint density at radius 2 is 1.93 bits per heavy atom. The SMILES string of the molecule is CCOC(=O)c1cc(C(F)(F)F)cc2ccn(Cc3ccc4ncccc4c3)c12. The number of pyridine rings is 1. The first-order valence-electron chi connectivity index (χ1n) is 9.07. The molecule has 29 heavy (non-hydrogen) atoms. The molecule has 0 bridgehead atoms. The van der Waals surface area contributed by atoms with E-state index in [1.165, 1.54) is 0 Å². The summed E-state index contributed by atoms with van der Waals surface area (Å²) in [6, 6.07) is 13.1. The zero-order chi connectivity index (χ0) is 20.6. The van der Waals surface area contributed by atoms with E-state index in [-0.39, 0.29) is 12.2 Å². The Hall–Kier alpha value is -3.35. The highest BCUT2D eigenvalue weighted by atomic mass is 19.4. The molecule has 0 saturated carbocycles. The number of hydrogen-bond donors (Lipinski definition) is 0. The van der Waals surface area contributed by atoms with Gasteiger partial charge in [-0.05, 0) is 48.9 Å². The summed E-state index contributed by atoms with van der Waals surface area (Å²) in [5.74, 6) is -0.772. The second kappa shape index (κ2) is 7.24. The Bertz CT molecular complexity index is 1210. The van der Waals surface area contributed by atoms with Crippen molar-refractivity contribution in [3.8, 4) is 0 Å². The molecule has 0 saturated heterocycles. The maximum atomic E-state index is 13.3. The first-order chi connectivity index (χ1) is 13.9. The molecule has 0 radical (unpaired) electrons. The number of hydrogen-bond acceptors (Lipinski definition) is 3. The number of alkyl halides is 3. The van der Waals surface area contributed by atoms with E-state index in [9.17, 15) is 18.0 Å². The highest BCUT2D eigenvalue weighted by Gasteiger charge is 2.33. The van der Waals surface area contributed by atoms with Crippen molar-refractivity contribution in [2.24, 2.45) is 0 Å². The van der Waals surface area contributed by atoms with Crippen LogP contribution in [0.1, 0.15) is 28.4 Å². The van der Waals surface area contributed by atoms with E-state index in [1.807, 2.05) is 30.3 Å². The summed E-state index contributed by atoms with van der Waals surface area (Å²) in [4.78, 5) is 16.7. The standard InChI is InChI=1S/C22H17F3N2O2/c1-2-29-21(28)18-12-17(22(23,24)25)11-16-7-9-27(20(16)18)13-14-5-6-19-15(10-14)4-3-8-26-19/h3-12H,2,13H2,1H3. The molecule has 2 aromatic carbocycles. The van der Waals surface area contributed by atoms with Crippen LogP contribution < -0.4 is 0 Å². The van der Waals surface area contributed by atoms with Crippen LogP contribution in [0.3, 0.4) is 0 Å². The number of ether oxygens (including phenoxy) is 1. The molecule has 0 N–H and O–H groups in total. The van der Waals surface area contributed by atoms with Gasteiger partial charge in [-0.2, -0.15) is 13.2 Å². The van der Waals surface area contributed by atoms with Crippen LogP contribution in [0.4, 0.5) is 13.2 Å². The number of carbonyl (C=O) groups excluding carboxylic acids is 1. The molecule has 2 aromatic heterocycles. The average Bonchev–Trinajstić information content (AvgIpc) is 3.09. The van der Waals surface area contributed by atoms with Crippen LogP contribution >= 0.6 is 0 Å². The molecular formula is C22H17F3N2O2. The lowest BCUT2D eigenvalue weighted by molar-refractivity contribution is -0.137. The zero-order valence-electron chi connectivity index (χ0n) is 15.5. The number of aromatic nitrogens is 2. The zero-order valence-corrected chi connectivity index (χ0v) is 15.5. The lowest BCUT2D eigenvalue weighted by Crippen LogP contribution is -2.12. The molecule has 0 unspecified atom stereocenters. The van der Waals surface area contributed by atoms with Crippen molar-refractivity contribution >= 4 is 27.8 Å². The van der Waals surface area contributed by atoms with Crippen LogP contribution in [0, 0.1) is 0 Å². The number of rotatable bonds is 4. The molecule has 0 aliphatic heterocycles. The minimum absolute atomic E-state index is 0.0783. The third-order valence-corrected chi connectivity index (χ3v) is 4.70. The van der Waals surface area contributed by atoms with Crippen LogP contribution in [0.15, 0.2) is 60.9 Å².